The predicted molar refractivity (Wildman–Crippen MR) is 106 cm³/mol. The van der Waals surface area contributed by atoms with Crippen LogP contribution in [0.3, 0.4) is 0 Å². The lowest BCUT2D eigenvalue weighted by atomic mass is 10.2. The minimum Gasteiger partial charge on any atom is -0.321 e. The van der Waals surface area contributed by atoms with Gasteiger partial charge in [-0.1, -0.05) is 23.7 Å². The van der Waals surface area contributed by atoms with Crippen LogP contribution < -0.4 is 5.32 Å². The first kappa shape index (κ1) is 18.7. The van der Waals surface area contributed by atoms with E-state index in [1.807, 2.05) is 49.7 Å². The Morgan fingerprint density at radius 1 is 1.23 bits per heavy atom. The molecule has 0 unspecified atom stereocenters. The average molecular weight is 437 g/mol. The lowest BCUT2D eigenvalue weighted by Crippen LogP contribution is -2.14. The molecule has 2 heterocycles. The van der Waals surface area contributed by atoms with Crippen LogP contribution in [0.5, 0.6) is 0 Å². The Hall–Kier alpha value is -2.12. The largest absolute Gasteiger partial charge is 0.321 e. The summed E-state index contributed by atoms with van der Waals surface area (Å²) in [7, 11) is 1.76. The number of carbonyl (C=O) groups excluding carboxylic acids is 1. The molecule has 0 bridgehead atoms. The fraction of sp³-hybridized carbons (Fsp3) is 0.278. The predicted octanol–water partition coefficient (Wildman–Crippen LogP) is 4.26. The number of hydrogen-bond donors (Lipinski definition) is 1. The normalized spacial score (nSPS) is 11.0. The number of rotatable bonds is 4. The summed E-state index contributed by atoms with van der Waals surface area (Å²) in [6.45, 7) is 6.41. The van der Waals surface area contributed by atoms with E-state index in [2.05, 4.69) is 31.4 Å². The molecular weight excluding hydrogens is 418 g/mol. The van der Waals surface area contributed by atoms with E-state index in [1.54, 1.807) is 11.7 Å². The summed E-state index contributed by atoms with van der Waals surface area (Å²) in [6.07, 6.45) is 0. The Morgan fingerprint density at radius 3 is 2.54 bits per heavy atom. The molecule has 6 nitrogen and oxygen atoms in total. The van der Waals surface area contributed by atoms with Crippen LogP contribution in [-0.2, 0) is 13.6 Å². The second-order valence-electron chi connectivity index (χ2n) is 6.17. The highest BCUT2D eigenvalue weighted by atomic mass is 79.9. The van der Waals surface area contributed by atoms with Gasteiger partial charge in [0.15, 0.2) is 5.69 Å². The lowest BCUT2D eigenvalue weighted by molar-refractivity contribution is 0.102. The number of nitrogens with one attached hydrogen (secondary N) is 1. The average Bonchev–Trinajstić information content (AvgIpc) is 3.00. The third-order valence-electron chi connectivity index (χ3n) is 4.29. The van der Waals surface area contributed by atoms with Crippen molar-refractivity contribution < 1.29 is 4.79 Å². The molecule has 2 aromatic heterocycles. The van der Waals surface area contributed by atoms with Crippen molar-refractivity contribution in [3.05, 3.63) is 62.1 Å². The van der Waals surface area contributed by atoms with Crippen molar-refractivity contribution >= 4 is 39.1 Å². The number of halogens is 2. The Balaban J connectivity index is 1.80. The van der Waals surface area contributed by atoms with Gasteiger partial charge in [0.1, 0.15) is 0 Å². The number of anilines is 1. The van der Waals surface area contributed by atoms with E-state index in [0.29, 0.717) is 17.3 Å². The zero-order chi connectivity index (χ0) is 19.0. The summed E-state index contributed by atoms with van der Waals surface area (Å²) in [5.41, 5.74) is 4.71. The summed E-state index contributed by atoms with van der Waals surface area (Å²) in [5.74, 6) is -0.329. The molecule has 1 N–H and O–H groups in total. The van der Waals surface area contributed by atoms with Gasteiger partial charge >= 0.3 is 0 Å². The van der Waals surface area contributed by atoms with Crippen LogP contribution in [0.25, 0.3) is 0 Å². The molecule has 8 heteroatoms. The van der Waals surface area contributed by atoms with Gasteiger partial charge in [0.25, 0.3) is 5.91 Å². The molecule has 0 fully saturated rings. The van der Waals surface area contributed by atoms with Gasteiger partial charge in [0, 0.05) is 12.7 Å². The van der Waals surface area contributed by atoms with E-state index in [1.165, 1.54) is 0 Å². The Bertz CT molecular complexity index is 992. The smallest absolute Gasteiger partial charge is 0.277 e. The van der Waals surface area contributed by atoms with Crippen LogP contribution in [0.1, 0.15) is 33.1 Å². The van der Waals surface area contributed by atoms with E-state index in [9.17, 15) is 4.79 Å². The summed E-state index contributed by atoms with van der Waals surface area (Å²) >= 11 is 9.73. The third kappa shape index (κ3) is 3.54. The van der Waals surface area contributed by atoms with Crippen molar-refractivity contribution in [1.29, 1.82) is 0 Å². The Kier molecular flexibility index (Phi) is 5.20. The molecule has 1 amide bonds. The fourth-order valence-electron chi connectivity index (χ4n) is 2.67. The standard InChI is InChI=1S/C18H19BrClN5O/c1-10-15(19)11(2)25(22-10)9-13-6-5-7-14(8-13)21-18(26)17-16(20)12(3)24(4)23-17/h5-8H,9H2,1-4H3,(H,21,26). The number of nitrogens with zero attached hydrogens (tertiary/aromatic N) is 4. The highest BCUT2D eigenvalue weighted by Crippen LogP contribution is 2.23. The van der Waals surface area contributed by atoms with Crippen molar-refractivity contribution in [2.45, 2.75) is 27.3 Å². The van der Waals surface area contributed by atoms with Crippen LogP contribution in [0.4, 0.5) is 5.69 Å². The number of benzene rings is 1. The molecular formula is C18H19BrClN5O. The minimum absolute atomic E-state index is 0.222. The van der Waals surface area contributed by atoms with E-state index < -0.39 is 0 Å². The van der Waals surface area contributed by atoms with Crippen molar-refractivity contribution in [3.63, 3.8) is 0 Å². The summed E-state index contributed by atoms with van der Waals surface area (Å²) in [4.78, 5) is 12.5. The molecule has 0 aliphatic heterocycles. The second kappa shape index (κ2) is 7.25. The maximum atomic E-state index is 12.5. The van der Waals surface area contributed by atoms with Crippen molar-refractivity contribution in [3.8, 4) is 0 Å². The molecule has 1 aromatic carbocycles. The first-order chi connectivity index (χ1) is 12.3. The molecule has 0 spiro atoms. The zero-order valence-corrected chi connectivity index (χ0v) is 17.3. The number of aryl methyl sites for hydroxylation is 2. The maximum Gasteiger partial charge on any atom is 0.277 e. The van der Waals surface area contributed by atoms with E-state index in [0.717, 1.165) is 27.1 Å². The van der Waals surface area contributed by atoms with Crippen LogP contribution in [0, 0.1) is 20.8 Å². The summed E-state index contributed by atoms with van der Waals surface area (Å²) in [6, 6.07) is 7.66. The van der Waals surface area contributed by atoms with Gasteiger partial charge in [-0.15, -0.1) is 0 Å². The molecule has 0 radical (unpaired) electrons. The Morgan fingerprint density at radius 2 is 1.96 bits per heavy atom. The molecule has 0 aliphatic carbocycles. The monoisotopic (exact) mass is 435 g/mol. The maximum absolute atomic E-state index is 12.5. The second-order valence-corrected chi connectivity index (χ2v) is 7.34. The highest BCUT2D eigenvalue weighted by molar-refractivity contribution is 9.10. The van der Waals surface area contributed by atoms with E-state index in [4.69, 9.17) is 11.6 Å². The van der Waals surface area contributed by atoms with Crippen molar-refractivity contribution in [1.82, 2.24) is 19.6 Å². The lowest BCUT2D eigenvalue weighted by Gasteiger charge is -2.08. The third-order valence-corrected chi connectivity index (χ3v) is 5.89. The molecule has 0 aliphatic rings. The van der Waals surface area contributed by atoms with Crippen LogP contribution in [0.2, 0.25) is 5.02 Å². The van der Waals surface area contributed by atoms with Gasteiger partial charge in [-0.2, -0.15) is 10.2 Å². The first-order valence-corrected chi connectivity index (χ1v) is 9.24. The van der Waals surface area contributed by atoms with E-state index in [-0.39, 0.29) is 11.6 Å². The molecule has 3 aromatic rings. The molecule has 26 heavy (non-hydrogen) atoms. The SMILES string of the molecule is Cc1nn(Cc2cccc(NC(=O)c3nn(C)c(C)c3Cl)c2)c(C)c1Br. The molecule has 0 atom stereocenters. The number of carbonyl (C=O) groups is 1. The van der Waals surface area contributed by atoms with Crippen molar-refractivity contribution in [2.75, 3.05) is 5.32 Å². The fourth-order valence-corrected chi connectivity index (χ4v) is 3.20. The number of hydrogen-bond acceptors (Lipinski definition) is 3. The molecule has 0 saturated heterocycles. The first-order valence-electron chi connectivity index (χ1n) is 8.06. The van der Waals surface area contributed by atoms with Gasteiger partial charge in [-0.3, -0.25) is 14.2 Å². The Labute approximate surface area is 165 Å². The zero-order valence-electron chi connectivity index (χ0n) is 15.0. The number of amides is 1. The minimum atomic E-state index is -0.329. The quantitative estimate of drug-likeness (QED) is 0.664. The van der Waals surface area contributed by atoms with Crippen molar-refractivity contribution in [2.24, 2.45) is 7.05 Å². The number of aromatic nitrogens is 4. The van der Waals surface area contributed by atoms with Gasteiger partial charge in [0.2, 0.25) is 0 Å². The van der Waals surface area contributed by atoms with Crippen LogP contribution in [-0.4, -0.2) is 25.5 Å². The molecule has 136 valence electrons. The molecule has 0 saturated carbocycles. The summed E-state index contributed by atoms with van der Waals surface area (Å²) in [5, 5.41) is 11.9. The van der Waals surface area contributed by atoms with Crippen LogP contribution in [0.15, 0.2) is 28.7 Å². The summed E-state index contributed by atoms with van der Waals surface area (Å²) < 4.78 is 4.54. The topological polar surface area (TPSA) is 64.7 Å². The van der Waals surface area contributed by atoms with Gasteiger partial charge in [-0.05, 0) is 54.4 Å². The highest BCUT2D eigenvalue weighted by Gasteiger charge is 2.18. The van der Waals surface area contributed by atoms with Gasteiger partial charge < -0.3 is 5.32 Å². The van der Waals surface area contributed by atoms with E-state index >= 15 is 0 Å². The van der Waals surface area contributed by atoms with Gasteiger partial charge in [-0.25, -0.2) is 0 Å². The van der Waals surface area contributed by atoms with Gasteiger partial charge in [0.05, 0.1) is 33.1 Å². The molecule has 3 rings (SSSR count). The van der Waals surface area contributed by atoms with Crippen LogP contribution >= 0.6 is 27.5 Å².